The monoisotopic (exact) mass is 464 g/mol. The minimum Gasteiger partial charge on any atom is -0.350 e. The molecule has 1 aromatic heterocycles. The van der Waals surface area contributed by atoms with E-state index in [0.29, 0.717) is 34.4 Å². The highest BCUT2D eigenvalue weighted by Gasteiger charge is 2.30. The van der Waals surface area contributed by atoms with Crippen LogP contribution in [-0.2, 0) is 30.6 Å². The predicted octanol–water partition coefficient (Wildman–Crippen LogP) is 4.11. The third-order valence-corrected chi connectivity index (χ3v) is 5.45. The minimum absolute atomic E-state index is 0.0929. The van der Waals surface area contributed by atoms with Crippen molar-refractivity contribution >= 4 is 17.5 Å². The number of carbonyl (C=O) groups excluding carboxylic acids is 1. The fraction of sp³-hybridized carbons (Fsp3) is 0.318. The maximum absolute atomic E-state index is 12.9. The molecule has 4 rings (SSSR count). The zero-order valence-corrected chi connectivity index (χ0v) is 17.7. The van der Waals surface area contributed by atoms with Gasteiger partial charge in [0.05, 0.1) is 5.56 Å². The summed E-state index contributed by atoms with van der Waals surface area (Å²) in [5, 5.41) is 7.45. The summed E-state index contributed by atoms with van der Waals surface area (Å²) in [5.74, 6) is 0.332. The summed E-state index contributed by atoms with van der Waals surface area (Å²) in [4.78, 5) is 25.3. The van der Waals surface area contributed by atoms with E-state index in [1.807, 2.05) is 0 Å². The van der Waals surface area contributed by atoms with Gasteiger partial charge in [-0.15, -0.1) is 5.10 Å². The molecule has 10 heteroatoms. The number of hydrogen-bond acceptors (Lipinski definition) is 3. The van der Waals surface area contributed by atoms with Crippen LogP contribution < -0.4 is 11.0 Å². The van der Waals surface area contributed by atoms with Gasteiger partial charge < -0.3 is 5.32 Å². The van der Waals surface area contributed by atoms with Crippen molar-refractivity contribution in [2.45, 2.75) is 38.7 Å². The summed E-state index contributed by atoms with van der Waals surface area (Å²) in [6.07, 6.45) is -2.38. The maximum atomic E-state index is 12.9. The van der Waals surface area contributed by atoms with Gasteiger partial charge in [0.1, 0.15) is 6.54 Å². The topological polar surface area (TPSA) is 68.9 Å². The average molecular weight is 465 g/mol. The van der Waals surface area contributed by atoms with Gasteiger partial charge in [0.15, 0.2) is 5.82 Å². The number of benzene rings is 2. The lowest BCUT2D eigenvalue weighted by Crippen LogP contribution is -2.33. The quantitative estimate of drug-likeness (QED) is 0.572. The van der Waals surface area contributed by atoms with Gasteiger partial charge >= 0.3 is 11.9 Å². The van der Waals surface area contributed by atoms with Gasteiger partial charge in [-0.25, -0.2) is 9.48 Å². The molecular weight excluding hydrogens is 445 g/mol. The molecule has 168 valence electrons. The van der Waals surface area contributed by atoms with Crippen molar-refractivity contribution in [3.8, 4) is 11.4 Å². The molecule has 1 N–H and O–H groups in total. The molecule has 1 amide bonds. The number of amides is 1. The molecule has 1 saturated carbocycles. The standard InChI is InChI=1S/C22H20ClF3N4O2/c23-18-8-6-16(7-9-18)20-28-30(21(32)29(20)12-14-4-5-14)13-19(31)27-11-15-2-1-3-17(10-15)22(24,25)26/h1-3,6-10,14H,4-5,11-13H2,(H,27,31). The van der Waals surface area contributed by atoms with E-state index in [1.54, 1.807) is 28.8 Å². The average Bonchev–Trinajstić information content (AvgIpc) is 3.53. The molecule has 0 radical (unpaired) electrons. The van der Waals surface area contributed by atoms with Crippen LogP contribution in [0.4, 0.5) is 13.2 Å². The van der Waals surface area contributed by atoms with Crippen LogP contribution in [0.2, 0.25) is 5.02 Å². The second-order valence-electron chi connectivity index (χ2n) is 7.80. The molecule has 0 spiro atoms. The summed E-state index contributed by atoms with van der Waals surface area (Å²) in [7, 11) is 0. The number of nitrogens with zero attached hydrogens (tertiary/aromatic N) is 3. The summed E-state index contributed by atoms with van der Waals surface area (Å²) < 4.78 is 41.2. The van der Waals surface area contributed by atoms with Gasteiger partial charge in [0, 0.05) is 23.7 Å². The Balaban J connectivity index is 1.49. The van der Waals surface area contributed by atoms with Gasteiger partial charge in [-0.3, -0.25) is 9.36 Å². The van der Waals surface area contributed by atoms with Gasteiger partial charge in [-0.05, 0) is 60.7 Å². The molecule has 0 atom stereocenters. The van der Waals surface area contributed by atoms with E-state index >= 15 is 0 Å². The van der Waals surface area contributed by atoms with Crippen LogP contribution in [0.1, 0.15) is 24.0 Å². The Morgan fingerprint density at radius 3 is 2.53 bits per heavy atom. The molecule has 1 fully saturated rings. The zero-order chi connectivity index (χ0) is 22.9. The van der Waals surface area contributed by atoms with Gasteiger partial charge in [0.2, 0.25) is 5.91 Å². The number of rotatable bonds is 7. The molecule has 0 saturated heterocycles. The number of nitrogens with one attached hydrogen (secondary N) is 1. The predicted molar refractivity (Wildman–Crippen MR) is 113 cm³/mol. The van der Waals surface area contributed by atoms with Crippen molar-refractivity contribution in [2.24, 2.45) is 5.92 Å². The lowest BCUT2D eigenvalue weighted by atomic mass is 10.1. The SMILES string of the molecule is O=C(Cn1nc(-c2ccc(Cl)cc2)n(CC2CC2)c1=O)NCc1cccc(C(F)(F)F)c1. The van der Waals surface area contributed by atoms with Crippen molar-refractivity contribution in [1.82, 2.24) is 19.7 Å². The summed E-state index contributed by atoms with van der Waals surface area (Å²) in [6, 6.07) is 11.6. The van der Waals surface area contributed by atoms with Gasteiger partial charge in [0.25, 0.3) is 0 Å². The van der Waals surface area contributed by atoms with Crippen LogP contribution in [0.25, 0.3) is 11.4 Å². The number of hydrogen-bond donors (Lipinski definition) is 1. The van der Waals surface area contributed by atoms with E-state index in [-0.39, 0.29) is 13.1 Å². The first kappa shape index (κ1) is 22.1. The van der Waals surface area contributed by atoms with Gasteiger partial charge in [-0.1, -0.05) is 23.7 Å². The Hall–Kier alpha value is -3.07. The third-order valence-electron chi connectivity index (χ3n) is 5.20. The van der Waals surface area contributed by atoms with Crippen LogP contribution in [0, 0.1) is 5.92 Å². The Labute approximate surface area is 186 Å². The van der Waals surface area contributed by atoms with Crippen molar-refractivity contribution in [1.29, 1.82) is 0 Å². The smallest absolute Gasteiger partial charge is 0.350 e. The number of halogens is 4. The van der Waals surface area contributed by atoms with Crippen molar-refractivity contribution in [2.75, 3.05) is 0 Å². The largest absolute Gasteiger partial charge is 0.416 e. The summed E-state index contributed by atoms with van der Waals surface area (Å²) in [5.41, 5.74) is -0.181. The molecule has 3 aromatic rings. The van der Waals surface area contributed by atoms with E-state index in [4.69, 9.17) is 11.6 Å². The molecule has 0 unspecified atom stereocenters. The molecule has 0 bridgehead atoms. The molecule has 0 aliphatic heterocycles. The molecule has 6 nitrogen and oxygen atoms in total. The number of alkyl halides is 3. The van der Waals surface area contributed by atoms with Crippen molar-refractivity contribution < 1.29 is 18.0 Å². The van der Waals surface area contributed by atoms with Gasteiger partial charge in [-0.2, -0.15) is 13.2 Å². The summed E-state index contributed by atoms with van der Waals surface area (Å²) in [6.45, 7) is 0.0863. The molecular formula is C22H20ClF3N4O2. The van der Waals surface area contributed by atoms with Crippen molar-refractivity contribution in [3.63, 3.8) is 0 Å². The molecule has 2 aromatic carbocycles. The molecule has 1 aliphatic carbocycles. The van der Waals surface area contributed by atoms with E-state index < -0.39 is 23.3 Å². The fourth-order valence-corrected chi connectivity index (χ4v) is 3.46. The number of aromatic nitrogens is 3. The first-order valence-electron chi connectivity index (χ1n) is 10.1. The maximum Gasteiger partial charge on any atom is 0.416 e. The normalized spacial score (nSPS) is 13.9. The highest BCUT2D eigenvalue weighted by Crippen LogP contribution is 2.32. The van der Waals surface area contributed by atoms with Crippen LogP contribution in [-0.4, -0.2) is 20.3 Å². The second kappa shape index (κ2) is 8.82. The Morgan fingerprint density at radius 1 is 1.16 bits per heavy atom. The lowest BCUT2D eigenvalue weighted by molar-refractivity contribution is -0.137. The molecule has 32 heavy (non-hydrogen) atoms. The first-order chi connectivity index (χ1) is 15.2. The van der Waals surface area contributed by atoms with E-state index in [1.165, 1.54) is 12.1 Å². The molecule has 1 aliphatic rings. The minimum atomic E-state index is -4.46. The van der Waals surface area contributed by atoms with Crippen LogP contribution in [0.3, 0.4) is 0 Å². The highest BCUT2D eigenvalue weighted by molar-refractivity contribution is 6.30. The van der Waals surface area contributed by atoms with E-state index in [9.17, 15) is 22.8 Å². The van der Waals surface area contributed by atoms with E-state index in [2.05, 4.69) is 10.4 Å². The lowest BCUT2D eigenvalue weighted by Gasteiger charge is -2.09. The Bertz CT molecular complexity index is 1180. The third kappa shape index (κ3) is 5.21. The zero-order valence-electron chi connectivity index (χ0n) is 16.9. The van der Waals surface area contributed by atoms with Crippen LogP contribution >= 0.6 is 11.6 Å². The summed E-state index contributed by atoms with van der Waals surface area (Å²) >= 11 is 5.95. The molecule has 1 heterocycles. The first-order valence-corrected chi connectivity index (χ1v) is 10.4. The van der Waals surface area contributed by atoms with Crippen molar-refractivity contribution in [3.05, 3.63) is 75.2 Å². The van der Waals surface area contributed by atoms with Crippen LogP contribution in [0.15, 0.2) is 53.3 Å². The van der Waals surface area contributed by atoms with E-state index in [0.717, 1.165) is 29.7 Å². The fourth-order valence-electron chi connectivity index (χ4n) is 3.33. The highest BCUT2D eigenvalue weighted by atomic mass is 35.5. The van der Waals surface area contributed by atoms with Crippen LogP contribution in [0.5, 0.6) is 0 Å². The number of carbonyl (C=O) groups is 1. The Morgan fingerprint density at radius 2 is 1.88 bits per heavy atom. The Kier molecular flexibility index (Phi) is 6.10. The second-order valence-corrected chi connectivity index (χ2v) is 8.24.